The van der Waals surface area contributed by atoms with Crippen molar-refractivity contribution in [1.29, 1.82) is 0 Å². The van der Waals surface area contributed by atoms with Gasteiger partial charge in [0.1, 0.15) is 0 Å². The van der Waals surface area contributed by atoms with E-state index < -0.39 is 0 Å². The summed E-state index contributed by atoms with van der Waals surface area (Å²) < 4.78 is 5.38. The van der Waals surface area contributed by atoms with Crippen LogP contribution in [0, 0.1) is 0 Å². The molecule has 16 heavy (non-hydrogen) atoms. The quantitative estimate of drug-likeness (QED) is 0.821. The van der Waals surface area contributed by atoms with Crippen molar-refractivity contribution in [2.75, 3.05) is 25.6 Å². The van der Waals surface area contributed by atoms with Gasteiger partial charge in [-0.25, -0.2) is 0 Å². The number of halogens is 1. The third-order valence-electron chi connectivity index (χ3n) is 3.20. The fraction of sp³-hybridized carbons (Fsp3) is 0.667. The molecular weight excluding hydrogens is 242 g/mol. The van der Waals surface area contributed by atoms with Gasteiger partial charge in [-0.1, -0.05) is 0 Å². The molecule has 1 aromatic rings. The summed E-state index contributed by atoms with van der Waals surface area (Å²) in [5, 5.41) is 7.95. The zero-order chi connectivity index (χ0) is 11.3. The van der Waals surface area contributed by atoms with Crippen LogP contribution in [0.4, 0.5) is 0 Å². The molecule has 2 nitrogen and oxygen atoms in total. The van der Waals surface area contributed by atoms with E-state index in [2.05, 4.69) is 22.1 Å². The van der Waals surface area contributed by atoms with E-state index in [1.807, 2.05) is 0 Å². The van der Waals surface area contributed by atoms with Gasteiger partial charge in [0.15, 0.2) is 0 Å². The highest BCUT2D eigenvalue weighted by molar-refractivity contribution is 7.07. The van der Waals surface area contributed by atoms with E-state index in [-0.39, 0.29) is 5.54 Å². The molecule has 0 atom stereocenters. The van der Waals surface area contributed by atoms with E-state index in [9.17, 15) is 0 Å². The molecule has 1 saturated heterocycles. The Balaban J connectivity index is 1.78. The number of hydrogen-bond donors (Lipinski definition) is 1. The standard InChI is InChI=1S/C12H18ClNOS/c13-10-12(3-6-15-7-4-12)14-5-1-11-2-8-16-9-11/h2,8-9,14H,1,3-7,10H2. The Morgan fingerprint density at radius 3 is 2.88 bits per heavy atom. The highest BCUT2D eigenvalue weighted by atomic mass is 35.5. The van der Waals surface area contributed by atoms with Gasteiger partial charge in [-0.2, -0.15) is 11.3 Å². The second-order valence-corrected chi connectivity index (χ2v) is 5.38. The Kier molecular flexibility index (Phi) is 4.65. The summed E-state index contributed by atoms with van der Waals surface area (Å²) in [6.45, 7) is 2.67. The lowest BCUT2D eigenvalue weighted by atomic mass is 9.92. The molecule has 1 N–H and O–H groups in total. The van der Waals surface area contributed by atoms with Gasteiger partial charge in [0, 0.05) is 24.6 Å². The van der Waals surface area contributed by atoms with Gasteiger partial charge >= 0.3 is 0 Å². The number of ether oxygens (including phenoxy) is 1. The molecule has 0 unspecified atom stereocenters. The number of nitrogens with one attached hydrogen (secondary N) is 1. The molecule has 1 aliphatic rings. The smallest absolute Gasteiger partial charge is 0.0484 e. The number of thiophene rings is 1. The molecule has 0 aliphatic carbocycles. The summed E-state index contributed by atoms with van der Waals surface area (Å²) in [5.74, 6) is 0.681. The molecule has 0 amide bonds. The summed E-state index contributed by atoms with van der Waals surface area (Å²) >= 11 is 7.84. The molecule has 2 heterocycles. The summed E-state index contributed by atoms with van der Waals surface area (Å²) in [6.07, 6.45) is 3.14. The molecule has 1 aliphatic heterocycles. The van der Waals surface area contributed by atoms with Gasteiger partial charge in [-0.05, 0) is 48.2 Å². The van der Waals surface area contributed by atoms with Crippen LogP contribution < -0.4 is 5.32 Å². The number of alkyl halides is 1. The van der Waals surface area contributed by atoms with Gasteiger partial charge in [0.2, 0.25) is 0 Å². The van der Waals surface area contributed by atoms with Crippen molar-refractivity contribution in [2.24, 2.45) is 0 Å². The third kappa shape index (κ3) is 3.20. The normalized spacial score (nSPS) is 19.8. The SMILES string of the molecule is ClCC1(NCCc2ccsc2)CCOCC1. The summed E-state index contributed by atoms with van der Waals surface area (Å²) in [6, 6.07) is 2.18. The molecule has 0 radical (unpaired) electrons. The minimum Gasteiger partial charge on any atom is -0.381 e. The van der Waals surface area contributed by atoms with Gasteiger partial charge in [-0.3, -0.25) is 0 Å². The van der Waals surface area contributed by atoms with Crippen LogP contribution in [0.25, 0.3) is 0 Å². The predicted molar refractivity (Wildman–Crippen MR) is 69.5 cm³/mol. The molecule has 1 fully saturated rings. The van der Waals surface area contributed by atoms with E-state index in [1.54, 1.807) is 11.3 Å². The molecule has 4 heteroatoms. The largest absolute Gasteiger partial charge is 0.381 e. The van der Waals surface area contributed by atoms with Gasteiger partial charge in [0.25, 0.3) is 0 Å². The molecular formula is C12H18ClNOS. The fourth-order valence-electron chi connectivity index (χ4n) is 2.03. The Labute approximate surface area is 106 Å². The fourth-order valence-corrected chi connectivity index (χ4v) is 3.09. The second kappa shape index (κ2) is 6.01. The molecule has 1 aromatic heterocycles. The number of rotatable bonds is 5. The summed E-state index contributed by atoms with van der Waals surface area (Å²) in [4.78, 5) is 0. The lowest BCUT2D eigenvalue weighted by molar-refractivity contribution is 0.0469. The van der Waals surface area contributed by atoms with Crippen LogP contribution in [0.5, 0.6) is 0 Å². The van der Waals surface area contributed by atoms with Crippen LogP contribution >= 0.6 is 22.9 Å². The minimum absolute atomic E-state index is 0.107. The first kappa shape index (κ1) is 12.4. The van der Waals surface area contributed by atoms with E-state index in [0.717, 1.165) is 39.0 Å². The summed E-state index contributed by atoms with van der Waals surface area (Å²) in [5.41, 5.74) is 1.52. The Bertz CT molecular complexity index is 296. The van der Waals surface area contributed by atoms with Gasteiger partial charge in [0.05, 0.1) is 0 Å². The average molecular weight is 260 g/mol. The van der Waals surface area contributed by atoms with Crippen molar-refractivity contribution < 1.29 is 4.74 Å². The van der Waals surface area contributed by atoms with Crippen LogP contribution in [-0.4, -0.2) is 31.2 Å². The van der Waals surface area contributed by atoms with Crippen LogP contribution in [0.1, 0.15) is 18.4 Å². The lowest BCUT2D eigenvalue weighted by Gasteiger charge is -2.36. The van der Waals surface area contributed by atoms with Crippen molar-refractivity contribution in [3.8, 4) is 0 Å². The first-order chi connectivity index (χ1) is 7.85. The zero-order valence-corrected chi connectivity index (χ0v) is 10.9. The molecule has 0 bridgehead atoms. The van der Waals surface area contributed by atoms with Crippen LogP contribution in [-0.2, 0) is 11.2 Å². The van der Waals surface area contributed by atoms with Crippen LogP contribution in [0.2, 0.25) is 0 Å². The van der Waals surface area contributed by atoms with E-state index in [0.29, 0.717) is 5.88 Å². The predicted octanol–water partition coefficient (Wildman–Crippen LogP) is 2.67. The molecule has 0 aromatic carbocycles. The second-order valence-electron chi connectivity index (χ2n) is 4.33. The topological polar surface area (TPSA) is 21.3 Å². The third-order valence-corrected chi connectivity index (χ3v) is 4.44. The van der Waals surface area contributed by atoms with Crippen molar-refractivity contribution in [2.45, 2.75) is 24.8 Å². The van der Waals surface area contributed by atoms with Gasteiger partial charge < -0.3 is 10.1 Å². The first-order valence-corrected chi connectivity index (χ1v) is 7.22. The first-order valence-electron chi connectivity index (χ1n) is 5.74. The highest BCUT2D eigenvalue weighted by Crippen LogP contribution is 2.22. The highest BCUT2D eigenvalue weighted by Gasteiger charge is 2.30. The minimum atomic E-state index is 0.107. The number of hydrogen-bond acceptors (Lipinski definition) is 3. The molecule has 90 valence electrons. The Morgan fingerprint density at radius 2 is 2.25 bits per heavy atom. The van der Waals surface area contributed by atoms with Crippen molar-refractivity contribution in [3.05, 3.63) is 22.4 Å². The average Bonchev–Trinajstić information content (AvgIpc) is 2.83. The molecule has 2 rings (SSSR count). The van der Waals surface area contributed by atoms with Crippen molar-refractivity contribution in [3.63, 3.8) is 0 Å². The molecule has 0 spiro atoms. The monoisotopic (exact) mass is 259 g/mol. The molecule has 0 saturated carbocycles. The Morgan fingerprint density at radius 1 is 1.44 bits per heavy atom. The van der Waals surface area contributed by atoms with E-state index in [1.165, 1.54) is 5.56 Å². The van der Waals surface area contributed by atoms with Crippen LogP contribution in [0.3, 0.4) is 0 Å². The zero-order valence-electron chi connectivity index (χ0n) is 9.38. The lowest BCUT2D eigenvalue weighted by Crippen LogP contribution is -2.51. The van der Waals surface area contributed by atoms with E-state index in [4.69, 9.17) is 16.3 Å². The van der Waals surface area contributed by atoms with Crippen LogP contribution in [0.15, 0.2) is 16.8 Å². The van der Waals surface area contributed by atoms with Gasteiger partial charge in [-0.15, -0.1) is 11.6 Å². The van der Waals surface area contributed by atoms with E-state index >= 15 is 0 Å². The van der Waals surface area contributed by atoms with Crippen molar-refractivity contribution in [1.82, 2.24) is 5.32 Å². The summed E-state index contributed by atoms with van der Waals surface area (Å²) in [7, 11) is 0. The maximum atomic E-state index is 6.08. The maximum absolute atomic E-state index is 6.08. The van der Waals surface area contributed by atoms with Crippen molar-refractivity contribution >= 4 is 22.9 Å². The Hall–Kier alpha value is -0.0900. The maximum Gasteiger partial charge on any atom is 0.0484 e.